The molecule has 2 N–H and O–H groups in total. The molecule has 0 aromatic heterocycles. The third kappa shape index (κ3) is 2.94. The molecule has 100 valence electrons. The molecular formula is C13H25ClN2O. The maximum Gasteiger partial charge on any atom is 0.227 e. The molecule has 1 unspecified atom stereocenters. The third-order valence-electron chi connectivity index (χ3n) is 4.63. The molecule has 0 aromatic rings. The van der Waals surface area contributed by atoms with E-state index in [1.165, 1.54) is 12.8 Å². The molecule has 0 bridgehead atoms. The van der Waals surface area contributed by atoms with E-state index in [1.54, 1.807) is 0 Å². The maximum absolute atomic E-state index is 12.1. The summed E-state index contributed by atoms with van der Waals surface area (Å²) in [5.41, 5.74) is 0.241. The van der Waals surface area contributed by atoms with Crippen LogP contribution in [-0.4, -0.2) is 25.5 Å². The number of amides is 1. The van der Waals surface area contributed by atoms with Crippen molar-refractivity contribution in [2.24, 2.45) is 16.7 Å². The number of rotatable bonds is 4. The van der Waals surface area contributed by atoms with E-state index in [0.29, 0.717) is 11.3 Å². The van der Waals surface area contributed by atoms with Crippen LogP contribution in [0.5, 0.6) is 0 Å². The summed E-state index contributed by atoms with van der Waals surface area (Å²) in [7, 11) is 0. The van der Waals surface area contributed by atoms with Gasteiger partial charge in [-0.25, -0.2) is 0 Å². The van der Waals surface area contributed by atoms with Crippen LogP contribution in [0.4, 0.5) is 0 Å². The standard InChI is InChI=1S/C13H24N2O.ClH/c1-10(2)13(4-5-13)9-15-11(16)12(3)6-7-14-8-12;/h10,14H,4-9H2,1-3H3,(H,15,16);1H. The van der Waals surface area contributed by atoms with Gasteiger partial charge in [-0.05, 0) is 44.1 Å². The summed E-state index contributed by atoms with van der Waals surface area (Å²) in [5.74, 6) is 0.923. The van der Waals surface area contributed by atoms with E-state index in [1.807, 2.05) is 0 Å². The van der Waals surface area contributed by atoms with Gasteiger partial charge in [0.15, 0.2) is 0 Å². The van der Waals surface area contributed by atoms with E-state index in [-0.39, 0.29) is 23.7 Å². The number of hydrogen-bond donors (Lipinski definition) is 2. The first-order chi connectivity index (χ1) is 7.49. The minimum atomic E-state index is -0.174. The molecular weight excluding hydrogens is 236 g/mol. The lowest BCUT2D eigenvalue weighted by Gasteiger charge is -2.25. The highest BCUT2D eigenvalue weighted by molar-refractivity contribution is 5.85. The molecule has 17 heavy (non-hydrogen) atoms. The SMILES string of the molecule is CC(C)C1(CNC(=O)C2(C)CCNC2)CC1.Cl. The van der Waals surface area contributed by atoms with Gasteiger partial charge in [-0.15, -0.1) is 12.4 Å². The Bertz CT molecular complexity index is 281. The van der Waals surface area contributed by atoms with Crippen molar-refractivity contribution in [3.05, 3.63) is 0 Å². The predicted molar refractivity (Wildman–Crippen MR) is 72.4 cm³/mol. The summed E-state index contributed by atoms with van der Waals surface area (Å²) >= 11 is 0. The second-order valence-electron chi connectivity index (χ2n) is 6.19. The molecule has 2 aliphatic rings. The lowest BCUT2D eigenvalue weighted by molar-refractivity contribution is -0.129. The van der Waals surface area contributed by atoms with Crippen LogP contribution in [0.25, 0.3) is 0 Å². The van der Waals surface area contributed by atoms with Gasteiger partial charge in [-0.2, -0.15) is 0 Å². The molecule has 1 saturated heterocycles. The Labute approximate surface area is 111 Å². The van der Waals surface area contributed by atoms with Gasteiger partial charge in [0.1, 0.15) is 0 Å². The summed E-state index contributed by atoms with van der Waals surface area (Å²) in [6.07, 6.45) is 3.52. The Kier molecular flexibility index (Phi) is 4.48. The van der Waals surface area contributed by atoms with Crippen molar-refractivity contribution in [1.29, 1.82) is 0 Å². The molecule has 0 spiro atoms. The van der Waals surface area contributed by atoms with E-state index in [4.69, 9.17) is 0 Å². The summed E-state index contributed by atoms with van der Waals surface area (Å²) in [4.78, 5) is 12.1. The minimum Gasteiger partial charge on any atom is -0.355 e. The molecule has 1 saturated carbocycles. The smallest absolute Gasteiger partial charge is 0.227 e. The second kappa shape index (κ2) is 5.15. The quantitative estimate of drug-likeness (QED) is 0.811. The molecule has 0 radical (unpaired) electrons. The van der Waals surface area contributed by atoms with E-state index in [0.717, 1.165) is 26.1 Å². The van der Waals surface area contributed by atoms with Gasteiger partial charge in [-0.3, -0.25) is 4.79 Å². The third-order valence-corrected chi connectivity index (χ3v) is 4.63. The first kappa shape index (κ1) is 14.8. The van der Waals surface area contributed by atoms with E-state index in [2.05, 4.69) is 31.4 Å². The van der Waals surface area contributed by atoms with Gasteiger partial charge >= 0.3 is 0 Å². The first-order valence-electron chi connectivity index (χ1n) is 6.48. The largest absolute Gasteiger partial charge is 0.355 e. The Hall–Kier alpha value is -0.280. The number of halogens is 1. The summed E-state index contributed by atoms with van der Waals surface area (Å²) < 4.78 is 0. The van der Waals surface area contributed by atoms with Gasteiger partial charge in [0.05, 0.1) is 5.41 Å². The minimum absolute atomic E-state index is 0. The molecule has 1 amide bonds. The molecule has 3 nitrogen and oxygen atoms in total. The van der Waals surface area contributed by atoms with E-state index < -0.39 is 0 Å². The van der Waals surface area contributed by atoms with Crippen LogP contribution in [0, 0.1) is 16.7 Å². The Balaban J connectivity index is 0.00000144. The van der Waals surface area contributed by atoms with Gasteiger partial charge in [-0.1, -0.05) is 13.8 Å². The average Bonchev–Trinajstić information content (AvgIpc) is 2.92. The van der Waals surface area contributed by atoms with Crippen LogP contribution in [0.15, 0.2) is 0 Å². The number of nitrogens with one attached hydrogen (secondary N) is 2. The molecule has 4 heteroatoms. The fourth-order valence-corrected chi connectivity index (χ4v) is 2.60. The lowest BCUT2D eigenvalue weighted by atomic mass is 9.87. The highest BCUT2D eigenvalue weighted by Gasteiger charge is 2.46. The molecule has 1 aliphatic heterocycles. The van der Waals surface area contributed by atoms with E-state index >= 15 is 0 Å². The molecule has 1 atom stereocenters. The van der Waals surface area contributed by atoms with Crippen molar-refractivity contribution in [1.82, 2.24) is 10.6 Å². The van der Waals surface area contributed by atoms with Crippen LogP contribution < -0.4 is 10.6 Å². The van der Waals surface area contributed by atoms with Gasteiger partial charge in [0.25, 0.3) is 0 Å². The fraction of sp³-hybridized carbons (Fsp3) is 0.923. The molecule has 1 heterocycles. The topological polar surface area (TPSA) is 41.1 Å². The Morgan fingerprint density at radius 1 is 1.35 bits per heavy atom. The van der Waals surface area contributed by atoms with Crippen LogP contribution in [0.1, 0.15) is 40.0 Å². The van der Waals surface area contributed by atoms with Crippen LogP contribution >= 0.6 is 12.4 Å². The zero-order chi connectivity index (χ0) is 11.8. The van der Waals surface area contributed by atoms with E-state index in [9.17, 15) is 4.79 Å². The maximum atomic E-state index is 12.1. The normalized spacial score (nSPS) is 29.9. The van der Waals surface area contributed by atoms with Crippen molar-refractivity contribution in [2.75, 3.05) is 19.6 Å². The zero-order valence-electron chi connectivity index (χ0n) is 11.1. The average molecular weight is 261 g/mol. The summed E-state index contributed by atoms with van der Waals surface area (Å²) in [5, 5.41) is 6.44. The molecule has 1 aliphatic carbocycles. The molecule has 0 aromatic carbocycles. The number of hydrogen-bond acceptors (Lipinski definition) is 2. The molecule has 2 rings (SSSR count). The Morgan fingerprint density at radius 3 is 2.41 bits per heavy atom. The van der Waals surface area contributed by atoms with Crippen molar-refractivity contribution in [3.8, 4) is 0 Å². The first-order valence-corrected chi connectivity index (χ1v) is 6.48. The predicted octanol–water partition coefficient (Wildman–Crippen LogP) is 1.96. The zero-order valence-corrected chi connectivity index (χ0v) is 12.0. The lowest BCUT2D eigenvalue weighted by Crippen LogP contribution is -2.43. The number of carbonyl (C=O) groups excluding carboxylic acids is 1. The number of carbonyl (C=O) groups is 1. The van der Waals surface area contributed by atoms with Crippen LogP contribution in [0.3, 0.4) is 0 Å². The van der Waals surface area contributed by atoms with Crippen LogP contribution in [0.2, 0.25) is 0 Å². The van der Waals surface area contributed by atoms with Gasteiger partial charge in [0.2, 0.25) is 5.91 Å². The molecule has 2 fully saturated rings. The van der Waals surface area contributed by atoms with Crippen molar-refractivity contribution in [3.63, 3.8) is 0 Å². The van der Waals surface area contributed by atoms with Crippen molar-refractivity contribution in [2.45, 2.75) is 40.0 Å². The van der Waals surface area contributed by atoms with Gasteiger partial charge in [0, 0.05) is 13.1 Å². The fourth-order valence-electron chi connectivity index (χ4n) is 2.60. The highest BCUT2D eigenvalue weighted by atomic mass is 35.5. The van der Waals surface area contributed by atoms with Crippen molar-refractivity contribution < 1.29 is 4.79 Å². The van der Waals surface area contributed by atoms with Gasteiger partial charge < -0.3 is 10.6 Å². The second-order valence-corrected chi connectivity index (χ2v) is 6.19. The monoisotopic (exact) mass is 260 g/mol. The summed E-state index contributed by atoms with van der Waals surface area (Å²) in [6.45, 7) is 9.26. The summed E-state index contributed by atoms with van der Waals surface area (Å²) in [6, 6.07) is 0. The van der Waals surface area contributed by atoms with Crippen molar-refractivity contribution >= 4 is 18.3 Å². The Morgan fingerprint density at radius 2 is 2.00 bits per heavy atom. The highest BCUT2D eigenvalue weighted by Crippen LogP contribution is 2.51. The van der Waals surface area contributed by atoms with Crippen LogP contribution in [-0.2, 0) is 4.79 Å².